The Morgan fingerprint density at radius 1 is 1.25 bits per heavy atom. The molecule has 1 saturated heterocycles. The summed E-state index contributed by atoms with van der Waals surface area (Å²) in [6.07, 6.45) is 2.08. The molecule has 1 amide bonds. The minimum absolute atomic E-state index is 0.0864. The number of nitrogen functional groups attached to an aromatic ring is 1. The lowest BCUT2D eigenvalue weighted by Gasteiger charge is -2.16. The first-order chi connectivity index (χ1) is 7.59. The van der Waals surface area contributed by atoms with E-state index in [2.05, 4.69) is 0 Å². The molecule has 0 unspecified atom stereocenters. The van der Waals surface area contributed by atoms with Crippen LogP contribution in [0.15, 0.2) is 12.1 Å². The molecule has 0 aliphatic carbocycles. The van der Waals surface area contributed by atoms with Gasteiger partial charge in [-0.1, -0.05) is 23.2 Å². The lowest BCUT2D eigenvalue weighted by molar-refractivity contribution is 0.0793. The summed E-state index contributed by atoms with van der Waals surface area (Å²) in [5.74, 6) is -0.0864. The SMILES string of the molecule is Nc1cc(Cl)c(Cl)c(C(=O)N2CCCC2)c1. The highest BCUT2D eigenvalue weighted by Gasteiger charge is 2.22. The van der Waals surface area contributed by atoms with Gasteiger partial charge in [-0.2, -0.15) is 0 Å². The zero-order valence-electron chi connectivity index (χ0n) is 8.67. The van der Waals surface area contributed by atoms with Crippen LogP contribution in [0.1, 0.15) is 23.2 Å². The van der Waals surface area contributed by atoms with Crippen molar-refractivity contribution in [3.8, 4) is 0 Å². The Labute approximate surface area is 104 Å². The maximum Gasteiger partial charge on any atom is 0.255 e. The van der Waals surface area contributed by atoms with Gasteiger partial charge in [0.1, 0.15) is 0 Å². The molecule has 0 spiro atoms. The third kappa shape index (κ3) is 2.11. The lowest BCUT2D eigenvalue weighted by Crippen LogP contribution is -2.28. The van der Waals surface area contributed by atoms with E-state index in [4.69, 9.17) is 28.9 Å². The fraction of sp³-hybridized carbons (Fsp3) is 0.364. The first kappa shape index (κ1) is 11.6. The molecule has 1 aliphatic rings. The highest BCUT2D eigenvalue weighted by molar-refractivity contribution is 6.44. The molecule has 86 valence electrons. The standard InChI is InChI=1S/C11H12Cl2N2O/c12-9-6-7(14)5-8(10(9)13)11(16)15-3-1-2-4-15/h5-6H,1-4,14H2. The number of anilines is 1. The molecule has 2 N–H and O–H groups in total. The van der Waals surface area contributed by atoms with Crippen LogP contribution < -0.4 is 5.73 Å². The molecule has 0 atom stereocenters. The molecular weight excluding hydrogens is 247 g/mol. The van der Waals surface area contributed by atoms with Crippen LogP contribution >= 0.6 is 23.2 Å². The molecule has 5 heteroatoms. The van der Waals surface area contributed by atoms with E-state index in [9.17, 15) is 4.79 Å². The van der Waals surface area contributed by atoms with Gasteiger partial charge in [0.2, 0.25) is 0 Å². The van der Waals surface area contributed by atoms with Crippen LogP contribution in [0, 0.1) is 0 Å². The van der Waals surface area contributed by atoms with Gasteiger partial charge in [0.15, 0.2) is 0 Å². The van der Waals surface area contributed by atoms with Crippen LogP contribution in [0.2, 0.25) is 10.0 Å². The van der Waals surface area contributed by atoms with Gasteiger partial charge < -0.3 is 10.6 Å². The summed E-state index contributed by atoms with van der Waals surface area (Å²) in [6.45, 7) is 1.56. The van der Waals surface area contributed by atoms with E-state index in [1.165, 1.54) is 0 Å². The van der Waals surface area contributed by atoms with E-state index < -0.39 is 0 Å². The maximum atomic E-state index is 12.1. The van der Waals surface area contributed by atoms with Crippen molar-refractivity contribution in [1.82, 2.24) is 4.90 Å². The zero-order chi connectivity index (χ0) is 11.7. The summed E-state index contributed by atoms with van der Waals surface area (Å²) in [4.78, 5) is 13.9. The molecule has 0 aromatic heterocycles. The number of amides is 1. The average molecular weight is 259 g/mol. The molecule has 16 heavy (non-hydrogen) atoms. The Balaban J connectivity index is 2.35. The Morgan fingerprint density at radius 3 is 2.50 bits per heavy atom. The average Bonchev–Trinajstić information content (AvgIpc) is 2.75. The number of hydrogen-bond acceptors (Lipinski definition) is 2. The summed E-state index contributed by atoms with van der Waals surface area (Å²) in [7, 11) is 0. The monoisotopic (exact) mass is 258 g/mol. The van der Waals surface area contributed by atoms with E-state index >= 15 is 0 Å². The molecule has 1 aromatic rings. The van der Waals surface area contributed by atoms with E-state index in [0.29, 0.717) is 16.3 Å². The number of rotatable bonds is 1. The smallest absolute Gasteiger partial charge is 0.255 e. The summed E-state index contributed by atoms with van der Waals surface area (Å²) < 4.78 is 0. The topological polar surface area (TPSA) is 46.3 Å². The minimum Gasteiger partial charge on any atom is -0.399 e. The van der Waals surface area contributed by atoms with Crippen LogP contribution in [0.25, 0.3) is 0 Å². The number of carbonyl (C=O) groups excluding carboxylic acids is 1. The highest BCUT2D eigenvalue weighted by atomic mass is 35.5. The number of likely N-dealkylation sites (tertiary alicyclic amines) is 1. The van der Waals surface area contributed by atoms with Crippen molar-refractivity contribution in [3.63, 3.8) is 0 Å². The molecule has 1 aliphatic heterocycles. The molecular formula is C11H12Cl2N2O. The van der Waals surface area contributed by atoms with Crippen LogP contribution in [0.5, 0.6) is 0 Å². The number of nitrogens with two attached hydrogens (primary N) is 1. The number of carbonyl (C=O) groups is 1. The number of nitrogens with zero attached hydrogens (tertiary/aromatic N) is 1. The van der Waals surface area contributed by atoms with Gasteiger partial charge in [-0.05, 0) is 25.0 Å². The second-order valence-corrected chi connectivity index (χ2v) is 4.65. The van der Waals surface area contributed by atoms with Crippen LogP contribution in [0.4, 0.5) is 5.69 Å². The van der Waals surface area contributed by atoms with Crippen molar-refractivity contribution in [1.29, 1.82) is 0 Å². The molecule has 3 nitrogen and oxygen atoms in total. The third-order valence-corrected chi connectivity index (χ3v) is 3.48. The summed E-state index contributed by atoms with van der Waals surface area (Å²) in [5.41, 5.74) is 6.50. The summed E-state index contributed by atoms with van der Waals surface area (Å²) in [5, 5.41) is 0.608. The minimum atomic E-state index is -0.0864. The highest BCUT2D eigenvalue weighted by Crippen LogP contribution is 2.30. The summed E-state index contributed by atoms with van der Waals surface area (Å²) >= 11 is 11.9. The Morgan fingerprint density at radius 2 is 1.88 bits per heavy atom. The van der Waals surface area contributed by atoms with Gasteiger partial charge in [0.25, 0.3) is 5.91 Å². The van der Waals surface area contributed by atoms with Gasteiger partial charge in [0, 0.05) is 18.8 Å². The number of halogens is 2. The van der Waals surface area contributed by atoms with Gasteiger partial charge in [0.05, 0.1) is 15.6 Å². The first-order valence-corrected chi connectivity index (χ1v) is 5.89. The van der Waals surface area contributed by atoms with Gasteiger partial charge in [-0.25, -0.2) is 0 Å². The molecule has 1 heterocycles. The molecule has 2 rings (SSSR count). The zero-order valence-corrected chi connectivity index (χ0v) is 10.2. The van der Waals surface area contributed by atoms with Crippen molar-refractivity contribution in [3.05, 3.63) is 27.7 Å². The second kappa shape index (κ2) is 4.52. The van der Waals surface area contributed by atoms with Crippen molar-refractivity contribution >= 4 is 34.8 Å². The summed E-state index contributed by atoms with van der Waals surface area (Å²) in [6, 6.07) is 3.12. The lowest BCUT2D eigenvalue weighted by atomic mass is 10.1. The van der Waals surface area contributed by atoms with Crippen molar-refractivity contribution in [2.45, 2.75) is 12.8 Å². The fourth-order valence-electron chi connectivity index (χ4n) is 1.86. The van der Waals surface area contributed by atoms with E-state index in [1.807, 2.05) is 0 Å². The molecule has 0 bridgehead atoms. The van der Waals surface area contributed by atoms with E-state index in [1.54, 1.807) is 17.0 Å². The molecule has 0 radical (unpaired) electrons. The Hall–Kier alpha value is -0.930. The predicted molar refractivity (Wildman–Crippen MR) is 66.0 cm³/mol. The molecule has 0 saturated carbocycles. The third-order valence-electron chi connectivity index (χ3n) is 2.67. The van der Waals surface area contributed by atoms with E-state index in [-0.39, 0.29) is 10.9 Å². The largest absolute Gasteiger partial charge is 0.399 e. The fourth-order valence-corrected chi connectivity index (χ4v) is 2.27. The second-order valence-electron chi connectivity index (χ2n) is 3.86. The van der Waals surface area contributed by atoms with Crippen LogP contribution in [-0.4, -0.2) is 23.9 Å². The van der Waals surface area contributed by atoms with E-state index in [0.717, 1.165) is 25.9 Å². The van der Waals surface area contributed by atoms with Crippen LogP contribution in [0.3, 0.4) is 0 Å². The number of benzene rings is 1. The quantitative estimate of drug-likeness (QED) is 0.788. The van der Waals surface area contributed by atoms with Crippen LogP contribution in [-0.2, 0) is 0 Å². The van der Waals surface area contributed by atoms with Gasteiger partial charge in [-0.15, -0.1) is 0 Å². The van der Waals surface area contributed by atoms with Gasteiger partial charge >= 0.3 is 0 Å². The van der Waals surface area contributed by atoms with Crippen molar-refractivity contribution < 1.29 is 4.79 Å². The molecule has 1 aromatic carbocycles. The van der Waals surface area contributed by atoms with Gasteiger partial charge in [-0.3, -0.25) is 4.79 Å². The number of hydrogen-bond donors (Lipinski definition) is 1. The maximum absolute atomic E-state index is 12.1. The van der Waals surface area contributed by atoms with Crippen molar-refractivity contribution in [2.24, 2.45) is 0 Å². The Kier molecular flexibility index (Phi) is 3.26. The predicted octanol–water partition coefficient (Wildman–Crippen LogP) is 2.81. The van der Waals surface area contributed by atoms with Crippen molar-refractivity contribution in [2.75, 3.05) is 18.8 Å². The molecule has 1 fully saturated rings. The Bertz CT molecular complexity index is 428. The first-order valence-electron chi connectivity index (χ1n) is 5.13. The normalized spacial score (nSPS) is 15.5.